The summed E-state index contributed by atoms with van der Waals surface area (Å²) in [4.78, 5) is 0. The van der Waals surface area contributed by atoms with Gasteiger partial charge in [-0.15, -0.1) is 10.2 Å². The zero-order chi connectivity index (χ0) is 20.3. The summed E-state index contributed by atoms with van der Waals surface area (Å²) in [6, 6.07) is 24.5. The van der Waals surface area contributed by atoms with E-state index in [2.05, 4.69) is 20.6 Å². The molecule has 1 N–H and O–H groups in total. The first-order valence-electron chi connectivity index (χ1n) is 9.17. The average Bonchev–Trinajstić information content (AvgIpc) is 3.44. The number of rotatable bonds is 4. The molecular weight excluding hydrogens is 398 g/mol. The fourth-order valence-electron chi connectivity index (χ4n) is 3.00. The molecule has 5 rings (SSSR count). The SMILES string of the molecule is S=C(Nc1cccc(-c2ccc3nnc(-c4ccco4)n3n2)c1)Oc1ccccc1. The van der Waals surface area contributed by atoms with Crippen LogP contribution in [0, 0.1) is 0 Å². The van der Waals surface area contributed by atoms with Crippen molar-refractivity contribution in [3.05, 3.63) is 85.1 Å². The van der Waals surface area contributed by atoms with E-state index >= 15 is 0 Å². The number of aromatic nitrogens is 4. The largest absolute Gasteiger partial charge is 0.461 e. The van der Waals surface area contributed by atoms with E-state index in [0.717, 1.165) is 16.9 Å². The Bertz CT molecular complexity index is 1320. The summed E-state index contributed by atoms with van der Waals surface area (Å²) in [7, 11) is 0. The number of furan rings is 1. The van der Waals surface area contributed by atoms with Crippen LogP contribution in [0.5, 0.6) is 5.75 Å². The van der Waals surface area contributed by atoms with Gasteiger partial charge in [-0.2, -0.15) is 9.61 Å². The second-order valence-electron chi connectivity index (χ2n) is 6.40. The molecule has 3 aromatic heterocycles. The second-order valence-corrected chi connectivity index (χ2v) is 6.77. The highest BCUT2D eigenvalue weighted by atomic mass is 32.1. The minimum absolute atomic E-state index is 0.265. The van der Waals surface area contributed by atoms with Crippen LogP contribution in [-0.4, -0.2) is 25.0 Å². The number of nitrogens with one attached hydrogen (secondary N) is 1. The molecule has 0 aliphatic heterocycles. The molecule has 0 saturated heterocycles. The van der Waals surface area contributed by atoms with Crippen molar-refractivity contribution in [2.45, 2.75) is 0 Å². The van der Waals surface area contributed by atoms with Crippen LogP contribution in [0.2, 0.25) is 0 Å². The summed E-state index contributed by atoms with van der Waals surface area (Å²) in [5, 5.41) is 16.4. The Morgan fingerprint density at radius 3 is 2.67 bits per heavy atom. The van der Waals surface area contributed by atoms with Gasteiger partial charge in [0.05, 0.1) is 12.0 Å². The molecular formula is C22H15N5O2S. The molecule has 0 amide bonds. The smallest absolute Gasteiger partial charge is 0.266 e. The highest BCUT2D eigenvalue weighted by molar-refractivity contribution is 7.80. The van der Waals surface area contributed by atoms with Crippen LogP contribution in [0.15, 0.2) is 89.5 Å². The van der Waals surface area contributed by atoms with Crippen molar-refractivity contribution in [2.75, 3.05) is 5.32 Å². The molecule has 0 bridgehead atoms. The Morgan fingerprint density at radius 1 is 0.933 bits per heavy atom. The van der Waals surface area contributed by atoms with E-state index in [1.54, 1.807) is 16.8 Å². The molecule has 3 heterocycles. The molecule has 2 aromatic carbocycles. The number of thiocarbonyl (C=S) groups is 1. The van der Waals surface area contributed by atoms with Gasteiger partial charge in [0.2, 0.25) is 5.82 Å². The van der Waals surface area contributed by atoms with Crippen molar-refractivity contribution in [1.82, 2.24) is 19.8 Å². The van der Waals surface area contributed by atoms with Crippen molar-refractivity contribution in [1.29, 1.82) is 0 Å². The maximum absolute atomic E-state index is 5.64. The minimum atomic E-state index is 0.265. The fraction of sp³-hybridized carbons (Fsp3) is 0. The maximum atomic E-state index is 5.64. The summed E-state index contributed by atoms with van der Waals surface area (Å²) < 4.78 is 12.7. The Hall–Kier alpha value is -4.04. The maximum Gasteiger partial charge on any atom is 0.266 e. The third-order valence-electron chi connectivity index (χ3n) is 4.36. The summed E-state index contributed by atoms with van der Waals surface area (Å²) in [5.74, 6) is 1.82. The Kier molecular flexibility index (Phi) is 4.66. The molecule has 7 nitrogen and oxygen atoms in total. The number of para-hydroxylation sites is 1. The number of anilines is 1. The van der Waals surface area contributed by atoms with Crippen LogP contribution in [-0.2, 0) is 0 Å². The van der Waals surface area contributed by atoms with Crippen LogP contribution < -0.4 is 10.1 Å². The fourth-order valence-corrected chi connectivity index (χ4v) is 3.21. The van der Waals surface area contributed by atoms with Gasteiger partial charge in [-0.1, -0.05) is 30.3 Å². The highest BCUT2D eigenvalue weighted by Gasteiger charge is 2.13. The minimum Gasteiger partial charge on any atom is -0.461 e. The van der Waals surface area contributed by atoms with E-state index in [0.29, 0.717) is 23.0 Å². The molecule has 0 unspecified atom stereocenters. The van der Waals surface area contributed by atoms with Crippen LogP contribution >= 0.6 is 12.2 Å². The number of benzene rings is 2. The Labute approximate surface area is 176 Å². The van der Waals surface area contributed by atoms with Gasteiger partial charge in [-0.25, -0.2) is 0 Å². The lowest BCUT2D eigenvalue weighted by Gasteiger charge is -2.10. The van der Waals surface area contributed by atoms with Gasteiger partial charge < -0.3 is 14.5 Å². The normalized spacial score (nSPS) is 10.8. The van der Waals surface area contributed by atoms with Crippen LogP contribution in [0.25, 0.3) is 28.5 Å². The van der Waals surface area contributed by atoms with Crippen LogP contribution in [0.1, 0.15) is 0 Å². The lowest BCUT2D eigenvalue weighted by molar-refractivity contribution is 0.563. The average molecular weight is 413 g/mol. The van der Waals surface area contributed by atoms with E-state index in [4.69, 9.17) is 21.4 Å². The summed E-state index contributed by atoms with van der Waals surface area (Å²) >= 11 is 5.31. The molecule has 30 heavy (non-hydrogen) atoms. The molecule has 0 aliphatic carbocycles. The number of hydrogen-bond donors (Lipinski definition) is 1. The number of fused-ring (bicyclic) bond motifs is 1. The second kappa shape index (κ2) is 7.76. The first kappa shape index (κ1) is 18.0. The van der Waals surface area contributed by atoms with Crippen LogP contribution in [0.3, 0.4) is 0 Å². The first-order chi connectivity index (χ1) is 14.8. The quantitative estimate of drug-likeness (QED) is 0.423. The zero-order valence-electron chi connectivity index (χ0n) is 15.6. The van der Waals surface area contributed by atoms with Gasteiger partial charge in [0, 0.05) is 11.3 Å². The molecule has 0 radical (unpaired) electrons. The van der Waals surface area contributed by atoms with Gasteiger partial charge in [0.15, 0.2) is 11.4 Å². The van der Waals surface area contributed by atoms with Crippen molar-refractivity contribution in [3.8, 4) is 28.6 Å². The number of nitrogens with zero attached hydrogens (tertiary/aromatic N) is 4. The molecule has 0 saturated carbocycles. The van der Waals surface area contributed by atoms with E-state index in [9.17, 15) is 0 Å². The van der Waals surface area contributed by atoms with Gasteiger partial charge in [0.25, 0.3) is 5.17 Å². The molecule has 8 heteroatoms. The molecule has 0 fully saturated rings. The molecule has 146 valence electrons. The van der Waals surface area contributed by atoms with Crippen molar-refractivity contribution < 1.29 is 9.15 Å². The molecule has 0 atom stereocenters. The molecule has 0 aliphatic rings. The van der Waals surface area contributed by atoms with Crippen LogP contribution in [0.4, 0.5) is 5.69 Å². The summed E-state index contributed by atoms with van der Waals surface area (Å²) in [5.41, 5.74) is 3.10. The highest BCUT2D eigenvalue weighted by Crippen LogP contribution is 2.24. The van der Waals surface area contributed by atoms with Crippen molar-refractivity contribution in [2.24, 2.45) is 0 Å². The number of hydrogen-bond acceptors (Lipinski definition) is 6. The van der Waals surface area contributed by atoms with Crippen molar-refractivity contribution >= 4 is 28.7 Å². The first-order valence-corrected chi connectivity index (χ1v) is 9.58. The van der Waals surface area contributed by atoms with E-state index in [1.807, 2.05) is 72.8 Å². The predicted octanol–water partition coefficient (Wildman–Crippen LogP) is 4.83. The van der Waals surface area contributed by atoms with Gasteiger partial charge in [0.1, 0.15) is 5.75 Å². The van der Waals surface area contributed by atoms with E-state index in [1.165, 1.54) is 0 Å². The zero-order valence-corrected chi connectivity index (χ0v) is 16.4. The van der Waals surface area contributed by atoms with E-state index < -0.39 is 0 Å². The number of ether oxygens (including phenoxy) is 1. The molecule has 5 aromatic rings. The van der Waals surface area contributed by atoms with E-state index in [-0.39, 0.29) is 5.17 Å². The third kappa shape index (κ3) is 3.63. The molecule has 0 spiro atoms. The topological polar surface area (TPSA) is 77.5 Å². The lowest BCUT2D eigenvalue weighted by atomic mass is 10.1. The lowest BCUT2D eigenvalue weighted by Crippen LogP contribution is -2.16. The standard InChI is InChI=1S/C22H15N5O2S/c30-22(29-17-8-2-1-3-9-17)23-16-7-4-6-15(14-16)18-11-12-20-24-25-21(27(20)26-18)19-10-5-13-28-19/h1-14H,(H,23,30). The van der Waals surface area contributed by atoms with Crippen molar-refractivity contribution in [3.63, 3.8) is 0 Å². The summed E-state index contributed by atoms with van der Waals surface area (Å²) in [6.07, 6.45) is 1.59. The van der Waals surface area contributed by atoms with Gasteiger partial charge >= 0.3 is 0 Å². The Balaban J connectivity index is 1.41. The van der Waals surface area contributed by atoms with Gasteiger partial charge in [-0.3, -0.25) is 0 Å². The summed E-state index contributed by atoms with van der Waals surface area (Å²) in [6.45, 7) is 0. The predicted molar refractivity (Wildman–Crippen MR) is 117 cm³/mol. The monoisotopic (exact) mass is 413 g/mol. The third-order valence-corrected chi connectivity index (χ3v) is 4.55. The van der Waals surface area contributed by atoms with Gasteiger partial charge in [-0.05, 0) is 60.7 Å². The Morgan fingerprint density at radius 2 is 1.83 bits per heavy atom.